The molecule has 1 aromatic heterocycles. The summed E-state index contributed by atoms with van der Waals surface area (Å²) in [5, 5.41) is 12.2. The van der Waals surface area contributed by atoms with E-state index < -0.39 is 0 Å². The van der Waals surface area contributed by atoms with Crippen molar-refractivity contribution < 1.29 is 9.90 Å². The van der Waals surface area contributed by atoms with Gasteiger partial charge >= 0.3 is 0 Å². The fourth-order valence-corrected chi connectivity index (χ4v) is 2.66. The van der Waals surface area contributed by atoms with Crippen molar-refractivity contribution in [2.75, 3.05) is 0 Å². The van der Waals surface area contributed by atoms with Crippen molar-refractivity contribution >= 4 is 17.2 Å². The molecule has 2 rings (SSSR count). The third-order valence-corrected chi connectivity index (χ3v) is 3.82. The summed E-state index contributed by atoms with van der Waals surface area (Å²) in [6.45, 7) is 3.96. The molecule has 0 saturated carbocycles. The summed E-state index contributed by atoms with van der Waals surface area (Å²) >= 11 is 1.50. The fourth-order valence-electron chi connectivity index (χ4n) is 1.89. The zero-order chi connectivity index (χ0) is 13.8. The molecule has 2 N–H and O–H groups in total. The minimum atomic E-state index is -0.0237. The molecule has 100 valence electrons. The number of amides is 1. The maximum Gasteiger partial charge on any atom is 0.261 e. The number of thiophene rings is 1. The van der Waals surface area contributed by atoms with Crippen molar-refractivity contribution in [3.05, 3.63) is 51.7 Å². The van der Waals surface area contributed by atoms with Gasteiger partial charge in [0.1, 0.15) is 5.75 Å². The molecule has 0 radical (unpaired) electrons. The Labute approximate surface area is 116 Å². The Kier molecular flexibility index (Phi) is 4.22. The minimum absolute atomic E-state index is 0.0237. The Hall–Kier alpha value is -1.81. The van der Waals surface area contributed by atoms with Gasteiger partial charge < -0.3 is 10.4 Å². The van der Waals surface area contributed by atoms with Gasteiger partial charge in [0.25, 0.3) is 5.91 Å². The van der Waals surface area contributed by atoms with Crippen LogP contribution in [-0.2, 0) is 6.42 Å². The first-order valence-corrected chi connectivity index (χ1v) is 7.01. The van der Waals surface area contributed by atoms with Gasteiger partial charge in [0.15, 0.2) is 0 Å². The van der Waals surface area contributed by atoms with Gasteiger partial charge in [-0.2, -0.15) is 0 Å². The number of rotatable bonds is 4. The van der Waals surface area contributed by atoms with Crippen LogP contribution in [-0.4, -0.2) is 17.1 Å². The summed E-state index contributed by atoms with van der Waals surface area (Å²) < 4.78 is 0. The first-order chi connectivity index (χ1) is 9.04. The third-order valence-electron chi connectivity index (χ3n) is 2.82. The minimum Gasteiger partial charge on any atom is -0.508 e. The monoisotopic (exact) mass is 275 g/mol. The van der Waals surface area contributed by atoms with Crippen molar-refractivity contribution in [3.63, 3.8) is 0 Å². The topological polar surface area (TPSA) is 49.3 Å². The number of nitrogens with one attached hydrogen (secondary N) is 1. The molecule has 1 aromatic carbocycles. The molecule has 0 bridgehead atoms. The normalized spacial score (nSPS) is 12.1. The van der Waals surface area contributed by atoms with E-state index in [2.05, 4.69) is 5.32 Å². The first kappa shape index (κ1) is 13.6. The number of hydrogen-bond donors (Lipinski definition) is 2. The molecule has 1 heterocycles. The van der Waals surface area contributed by atoms with Crippen LogP contribution in [0.1, 0.15) is 27.0 Å². The second-order valence-corrected chi connectivity index (χ2v) is 5.94. The second kappa shape index (κ2) is 5.89. The Balaban J connectivity index is 1.92. The number of carbonyl (C=O) groups is 1. The highest BCUT2D eigenvalue weighted by Gasteiger charge is 2.11. The van der Waals surface area contributed by atoms with E-state index in [-0.39, 0.29) is 17.7 Å². The highest BCUT2D eigenvalue weighted by Crippen LogP contribution is 2.15. The van der Waals surface area contributed by atoms with Crippen LogP contribution >= 0.6 is 11.3 Å². The van der Waals surface area contributed by atoms with Crippen LogP contribution in [0.4, 0.5) is 0 Å². The van der Waals surface area contributed by atoms with Gasteiger partial charge in [-0.15, -0.1) is 11.3 Å². The average Bonchev–Trinajstić information content (AvgIpc) is 2.79. The maximum absolute atomic E-state index is 12.0. The highest BCUT2D eigenvalue weighted by molar-refractivity contribution is 7.13. The molecule has 0 aliphatic carbocycles. The molecule has 19 heavy (non-hydrogen) atoms. The second-order valence-electron chi connectivity index (χ2n) is 4.66. The van der Waals surface area contributed by atoms with Crippen molar-refractivity contribution in [1.82, 2.24) is 5.32 Å². The first-order valence-electron chi connectivity index (χ1n) is 6.20. The van der Waals surface area contributed by atoms with E-state index in [1.807, 2.05) is 38.1 Å². The van der Waals surface area contributed by atoms with Crippen LogP contribution in [0.3, 0.4) is 0 Å². The van der Waals surface area contributed by atoms with E-state index in [4.69, 9.17) is 0 Å². The molecule has 0 aliphatic heterocycles. The van der Waals surface area contributed by atoms with Gasteiger partial charge in [-0.3, -0.25) is 4.79 Å². The van der Waals surface area contributed by atoms with Crippen LogP contribution < -0.4 is 5.32 Å². The molecule has 1 atom stereocenters. The summed E-state index contributed by atoms with van der Waals surface area (Å²) in [5.74, 6) is 0.235. The predicted molar refractivity (Wildman–Crippen MR) is 77.8 cm³/mol. The Morgan fingerprint density at radius 1 is 1.26 bits per heavy atom. The van der Waals surface area contributed by atoms with E-state index in [0.717, 1.165) is 21.7 Å². The molecule has 1 amide bonds. The maximum atomic E-state index is 12.0. The largest absolute Gasteiger partial charge is 0.508 e. The average molecular weight is 275 g/mol. The predicted octanol–water partition coefficient (Wildman–Crippen LogP) is 3.12. The van der Waals surface area contributed by atoms with E-state index in [1.54, 1.807) is 12.1 Å². The van der Waals surface area contributed by atoms with E-state index in [9.17, 15) is 9.90 Å². The number of phenolic OH excluding ortho intramolecular Hbond substituents is 1. The van der Waals surface area contributed by atoms with E-state index in [0.29, 0.717) is 0 Å². The molecule has 0 fully saturated rings. The number of hydrogen-bond acceptors (Lipinski definition) is 3. The van der Waals surface area contributed by atoms with E-state index >= 15 is 0 Å². The molecule has 0 spiro atoms. The summed E-state index contributed by atoms with van der Waals surface area (Å²) in [6.07, 6.45) is 0.746. The molecule has 4 heteroatoms. The van der Waals surface area contributed by atoms with Crippen molar-refractivity contribution in [2.24, 2.45) is 0 Å². The van der Waals surface area contributed by atoms with Gasteiger partial charge in [0.2, 0.25) is 0 Å². The molecule has 2 aromatic rings. The third kappa shape index (κ3) is 3.83. The Bertz CT molecular complexity index is 560. The van der Waals surface area contributed by atoms with E-state index in [1.165, 1.54) is 11.3 Å². The molecular formula is C15H17NO2S. The smallest absolute Gasteiger partial charge is 0.261 e. The lowest BCUT2D eigenvalue weighted by atomic mass is 10.1. The Morgan fingerprint density at radius 2 is 1.95 bits per heavy atom. The van der Waals surface area contributed by atoms with Crippen molar-refractivity contribution in [2.45, 2.75) is 26.3 Å². The Morgan fingerprint density at radius 3 is 2.53 bits per heavy atom. The van der Waals surface area contributed by atoms with Gasteiger partial charge in [-0.1, -0.05) is 12.1 Å². The van der Waals surface area contributed by atoms with Crippen molar-refractivity contribution in [1.29, 1.82) is 0 Å². The fraction of sp³-hybridized carbons (Fsp3) is 0.267. The van der Waals surface area contributed by atoms with Crippen LogP contribution in [0.5, 0.6) is 5.75 Å². The zero-order valence-corrected chi connectivity index (χ0v) is 11.8. The molecule has 3 nitrogen and oxygen atoms in total. The van der Waals surface area contributed by atoms with Gasteiger partial charge in [-0.05, 0) is 50.1 Å². The van der Waals surface area contributed by atoms with Gasteiger partial charge in [0.05, 0.1) is 4.88 Å². The lowest BCUT2D eigenvalue weighted by molar-refractivity contribution is 0.0944. The number of aryl methyl sites for hydroxylation is 1. The summed E-state index contributed by atoms with van der Waals surface area (Å²) in [5.41, 5.74) is 1.09. The van der Waals surface area contributed by atoms with Crippen LogP contribution in [0.2, 0.25) is 0 Å². The van der Waals surface area contributed by atoms with Crippen LogP contribution in [0.25, 0.3) is 0 Å². The standard InChI is InChI=1S/C15H17NO2S/c1-10(9-12-4-6-13(17)7-5-12)16-15(18)14-8-3-11(2)19-14/h3-8,10,17H,9H2,1-2H3,(H,16,18)/t10-/m1/s1. The van der Waals surface area contributed by atoms with Crippen LogP contribution in [0, 0.1) is 6.92 Å². The summed E-state index contributed by atoms with van der Waals surface area (Å²) in [4.78, 5) is 13.9. The lowest BCUT2D eigenvalue weighted by Crippen LogP contribution is -2.33. The molecule has 0 saturated heterocycles. The molecular weight excluding hydrogens is 258 g/mol. The van der Waals surface area contributed by atoms with Gasteiger partial charge in [0, 0.05) is 10.9 Å². The lowest BCUT2D eigenvalue weighted by Gasteiger charge is -2.13. The quantitative estimate of drug-likeness (QED) is 0.900. The number of aromatic hydroxyl groups is 1. The molecule has 0 unspecified atom stereocenters. The van der Waals surface area contributed by atoms with Gasteiger partial charge in [-0.25, -0.2) is 0 Å². The SMILES string of the molecule is Cc1ccc(C(=O)N[C@H](C)Cc2ccc(O)cc2)s1. The number of phenols is 1. The zero-order valence-electron chi connectivity index (χ0n) is 11.0. The number of benzene rings is 1. The van der Waals surface area contributed by atoms with Crippen LogP contribution in [0.15, 0.2) is 36.4 Å². The van der Waals surface area contributed by atoms with Crippen molar-refractivity contribution in [3.8, 4) is 5.75 Å². The summed E-state index contributed by atoms with van der Waals surface area (Å²) in [7, 11) is 0. The molecule has 0 aliphatic rings. The summed E-state index contributed by atoms with van der Waals surface area (Å²) in [6, 6.07) is 10.9. The number of carbonyl (C=O) groups excluding carboxylic acids is 1. The highest BCUT2D eigenvalue weighted by atomic mass is 32.1.